The van der Waals surface area contributed by atoms with Crippen molar-refractivity contribution in [2.24, 2.45) is 5.10 Å². The summed E-state index contributed by atoms with van der Waals surface area (Å²) in [6, 6.07) is 13.2. The van der Waals surface area contributed by atoms with E-state index in [1.165, 1.54) is 18.3 Å². The Hall–Kier alpha value is -3.35. The van der Waals surface area contributed by atoms with Gasteiger partial charge in [-0.15, -0.1) is 0 Å². The minimum atomic E-state index is -0.999. The maximum absolute atomic E-state index is 12.0. The van der Waals surface area contributed by atoms with Gasteiger partial charge in [-0.1, -0.05) is 24.3 Å². The molecule has 1 aliphatic heterocycles. The lowest BCUT2D eigenvalue weighted by atomic mass is 10.1. The summed E-state index contributed by atoms with van der Waals surface area (Å²) in [7, 11) is 0. The third-order valence-electron chi connectivity index (χ3n) is 3.35. The number of carboxylic acids is 1. The Morgan fingerprint density at radius 3 is 2.54 bits per heavy atom. The zero-order valence-corrected chi connectivity index (χ0v) is 12.5. The van der Waals surface area contributed by atoms with Gasteiger partial charge in [0.05, 0.1) is 11.8 Å². The number of aromatic carboxylic acids is 1. The van der Waals surface area contributed by atoms with Crippen LogP contribution in [0.5, 0.6) is 11.5 Å². The minimum absolute atomic E-state index is 0.103. The van der Waals surface area contributed by atoms with Crippen LogP contribution in [0.3, 0.4) is 0 Å². The predicted molar refractivity (Wildman–Crippen MR) is 85.5 cm³/mol. The van der Waals surface area contributed by atoms with Crippen molar-refractivity contribution in [3.05, 3.63) is 59.7 Å². The molecule has 7 heteroatoms. The highest BCUT2D eigenvalue weighted by Gasteiger charge is 2.26. The zero-order chi connectivity index (χ0) is 16.9. The molecule has 0 spiro atoms. The smallest absolute Gasteiger partial charge is 0.335 e. The molecule has 3 rings (SSSR count). The molecule has 0 fully saturated rings. The number of nitrogens with zero attached hydrogens (tertiary/aromatic N) is 1. The number of carboxylic acid groups (broad SMARTS) is 1. The summed E-state index contributed by atoms with van der Waals surface area (Å²) < 4.78 is 11.0. The first-order chi connectivity index (χ1) is 11.6. The van der Waals surface area contributed by atoms with Crippen molar-refractivity contribution in [2.45, 2.75) is 6.10 Å². The quantitative estimate of drug-likeness (QED) is 0.658. The number of para-hydroxylation sites is 2. The van der Waals surface area contributed by atoms with Gasteiger partial charge in [0.25, 0.3) is 5.91 Å². The second kappa shape index (κ2) is 6.82. The first-order valence-corrected chi connectivity index (χ1v) is 7.18. The lowest BCUT2D eigenvalue weighted by molar-refractivity contribution is -0.130. The Labute approximate surface area is 137 Å². The molecule has 0 aromatic heterocycles. The van der Waals surface area contributed by atoms with E-state index in [9.17, 15) is 9.59 Å². The van der Waals surface area contributed by atoms with Crippen LogP contribution in [0.25, 0.3) is 0 Å². The van der Waals surface area contributed by atoms with Crippen molar-refractivity contribution in [1.29, 1.82) is 0 Å². The second-order valence-electron chi connectivity index (χ2n) is 5.03. The van der Waals surface area contributed by atoms with E-state index in [1.807, 2.05) is 6.07 Å². The van der Waals surface area contributed by atoms with E-state index in [-0.39, 0.29) is 12.2 Å². The monoisotopic (exact) mass is 326 g/mol. The topological polar surface area (TPSA) is 97.2 Å². The maximum Gasteiger partial charge on any atom is 0.335 e. The number of hydrogen-bond acceptors (Lipinski definition) is 5. The molecule has 1 atom stereocenters. The minimum Gasteiger partial charge on any atom is -0.485 e. The summed E-state index contributed by atoms with van der Waals surface area (Å²) in [4.78, 5) is 22.8. The molecule has 0 radical (unpaired) electrons. The third-order valence-corrected chi connectivity index (χ3v) is 3.35. The van der Waals surface area contributed by atoms with Gasteiger partial charge in [0.15, 0.2) is 11.5 Å². The highest BCUT2D eigenvalue weighted by molar-refractivity contribution is 5.89. The van der Waals surface area contributed by atoms with Gasteiger partial charge in [-0.2, -0.15) is 5.10 Å². The standard InChI is InChI=1S/C17H14N2O5/c20-16(15-10-23-13-3-1-2-4-14(13)24-15)19-18-9-11-5-7-12(8-6-11)17(21)22/h1-9,15H,10H2,(H,19,20)(H,21,22)/b18-9-. The number of ether oxygens (including phenoxy) is 2. The van der Waals surface area contributed by atoms with E-state index < -0.39 is 18.0 Å². The molecule has 0 saturated heterocycles. The number of fused-ring (bicyclic) bond motifs is 1. The van der Waals surface area contributed by atoms with Crippen molar-refractivity contribution in [2.75, 3.05) is 6.61 Å². The molecule has 2 aromatic carbocycles. The maximum atomic E-state index is 12.0. The lowest BCUT2D eigenvalue weighted by Gasteiger charge is -2.24. The molecule has 0 saturated carbocycles. The number of amides is 1. The Morgan fingerprint density at radius 1 is 1.12 bits per heavy atom. The summed E-state index contributed by atoms with van der Waals surface area (Å²) in [5.74, 6) is -0.315. The van der Waals surface area contributed by atoms with Crippen LogP contribution in [-0.4, -0.2) is 35.9 Å². The van der Waals surface area contributed by atoms with Gasteiger partial charge in [-0.3, -0.25) is 4.79 Å². The molecule has 122 valence electrons. The van der Waals surface area contributed by atoms with E-state index >= 15 is 0 Å². The average Bonchev–Trinajstić information content (AvgIpc) is 2.61. The van der Waals surface area contributed by atoms with Crippen molar-refractivity contribution in [3.63, 3.8) is 0 Å². The van der Waals surface area contributed by atoms with E-state index in [4.69, 9.17) is 14.6 Å². The Morgan fingerprint density at radius 2 is 1.83 bits per heavy atom. The van der Waals surface area contributed by atoms with E-state index in [2.05, 4.69) is 10.5 Å². The van der Waals surface area contributed by atoms with E-state index in [0.717, 1.165) is 0 Å². The largest absolute Gasteiger partial charge is 0.485 e. The van der Waals surface area contributed by atoms with Crippen molar-refractivity contribution in [3.8, 4) is 11.5 Å². The second-order valence-corrected chi connectivity index (χ2v) is 5.03. The van der Waals surface area contributed by atoms with Crippen LogP contribution in [0, 0.1) is 0 Å². The fraction of sp³-hybridized carbons (Fsp3) is 0.118. The van der Waals surface area contributed by atoms with Crippen LogP contribution in [0.1, 0.15) is 15.9 Å². The van der Waals surface area contributed by atoms with Crippen LogP contribution in [0.2, 0.25) is 0 Å². The molecule has 24 heavy (non-hydrogen) atoms. The van der Waals surface area contributed by atoms with Gasteiger partial charge in [-0.25, -0.2) is 10.2 Å². The van der Waals surface area contributed by atoms with Crippen molar-refractivity contribution >= 4 is 18.1 Å². The Bertz CT molecular complexity index is 786. The molecule has 1 aliphatic rings. The van der Waals surface area contributed by atoms with Gasteiger partial charge in [-0.05, 0) is 29.8 Å². The molecular weight excluding hydrogens is 312 g/mol. The number of benzene rings is 2. The first kappa shape index (κ1) is 15.5. The summed E-state index contributed by atoms with van der Waals surface area (Å²) in [5.41, 5.74) is 3.22. The van der Waals surface area contributed by atoms with Crippen molar-refractivity contribution < 1.29 is 24.2 Å². The summed E-state index contributed by atoms with van der Waals surface area (Å²) in [6.07, 6.45) is 0.632. The number of hydrogen-bond donors (Lipinski definition) is 2. The number of nitrogens with one attached hydrogen (secondary N) is 1. The number of carbonyl (C=O) groups is 2. The molecule has 1 unspecified atom stereocenters. The normalized spacial score (nSPS) is 15.9. The highest BCUT2D eigenvalue weighted by Crippen LogP contribution is 2.30. The Kier molecular flexibility index (Phi) is 4.42. The predicted octanol–water partition coefficient (Wildman–Crippen LogP) is 1.67. The molecule has 2 aromatic rings. The number of hydrazone groups is 1. The molecule has 1 amide bonds. The number of carbonyl (C=O) groups excluding carboxylic acids is 1. The highest BCUT2D eigenvalue weighted by atomic mass is 16.6. The molecular formula is C17H14N2O5. The molecule has 7 nitrogen and oxygen atoms in total. The van der Waals surface area contributed by atoms with Crippen molar-refractivity contribution in [1.82, 2.24) is 5.43 Å². The summed E-state index contributed by atoms with van der Waals surface area (Å²) >= 11 is 0. The summed E-state index contributed by atoms with van der Waals surface area (Å²) in [5, 5.41) is 12.7. The van der Waals surface area contributed by atoms with Gasteiger partial charge in [0.1, 0.15) is 6.61 Å². The lowest BCUT2D eigenvalue weighted by Crippen LogP contribution is -2.42. The van der Waals surface area contributed by atoms with Crippen LogP contribution in [-0.2, 0) is 4.79 Å². The van der Waals surface area contributed by atoms with Crippen LogP contribution in [0.4, 0.5) is 0 Å². The van der Waals surface area contributed by atoms with E-state index in [1.54, 1.807) is 30.3 Å². The average molecular weight is 326 g/mol. The fourth-order valence-corrected chi connectivity index (χ4v) is 2.10. The Balaban J connectivity index is 1.57. The van der Waals surface area contributed by atoms with Crippen LogP contribution < -0.4 is 14.9 Å². The first-order valence-electron chi connectivity index (χ1n) is 7.18. The zero-order valence-electron chi connectivity index (χ0n) is 12.5. The van der Waals surface area contributed by atoms with Crippen LogP contribution >= 0.6 is 0 Å². The van der Waals surface area contributed by atoms with Gasteiger partial charge < -0.3 is 14.6 Å². The number of rotatable bonds is 4. The van der Waals surface area contributed by atoms with E-state index in [0.29, 0.717) is 17.1 Å². The molecule has 1 heterocycles. The van der Waals surface area contributed by atoms with Gasteiger partial charge in [0.2, 0.25) is 6.10 Å². The third kappa shape index (κ3) is 3.52. The molecule has 0 aliphatic carbocycles. The van der Waals surface area contributed by atoms with Gasteiger partial charge >= 0.3 is 5.97 Å². The summed E-state index contributed by atoms with van der Waals surface area (Å²) in [6.45, 7) is 0.103. The SMILES string of the molecule is O=C(O)c1ccc(/C=N\NC(=O)C2COc3ccccc3O2)cc1. The molecule has 0 bridgehead atoms. The molecule has 2 N–H and O–H groups in total. The fourth-order valence-electron chi connectivity index (χ4n) is 2.10. The van der Waals surface area contributed by atoms with Crippen LogP contribution in [0.15, 0.2) is 53.6 Å². The van der Waals surface area contributed by atoms with Gasteiger partial charge in [0, 0.05) is 0 Å².